The molecule has 0 amide bonds. The lowest BCUT2D eigenvalue weighted by Crippen LogP contribution is -2.12. The summed E-state index contributed by atoms with van der Waals surface area (Å²) in [6.45, 7) is 1.79. The molecule has 2 N–H and O–H groups in total. The Bertz CT molecular complexity index is 1210. The number of nitrogens with zero attached hydrogens (tertiary/aromatic N) is 3. The summed E-state index contributed by atoms with van der Waals surface area (Å²) in [6.07, 6.45) is 0. The van der Waals surface area contributed by atoms with E-state index in [1.165, 1.54) is 23.9 Å². The molecule has 0 bridgehead atoms. The number of nitriles is 1. The van der Waals surface area contributed by atoms with E-state index in [0.29, 0.717) is 22.4 Å². The van der Waals surface area contributed by atoms with Crippen LogP contribution in [-0.4, -0.2) is 31.3 Å². The molecular weight excluding hydrogens is 392 g/mol. The highest BCUT2D eigenvalue weighted by molar-refractivity contribution is 7.89. The van der Waals surface area contributed by atoms with Gasteiger partial charge in [-0.3, -0.25) is 0 Å². The zero-order chi connectivity index (χ0) is 21.2. The summed E-state index contributed by atoms with van der Waals surface area (Å²) >= 11 is 0. The van der Waals surface area contributed by atoms with E-state index in [2.05, 4.69) is 5.10 Å². The SMILES string of the molecule is COC(=O)c1c(-c2ccc(C)cc2)c(-c2ccc(S(N)(=O)=O)cc2)nn1CC#N. The van der Waals surface area contributed by atoms with Gasteiger partial charge >= 0.3 is 5.97 Å². The van der Waals surface area contributed by atoms with Crippen LogP contribution in [0.15, 0.2) is 53.4 Å². The number of carbonyl (C=O) groups excluding carboxylic acids is 1. The summed E-state index contributed by atoms with van der Waals surface area (Å²) in [4.78, 5) is 12.5. The van der Waals surface area contributed by atoms with Crippen molar-refractivity contribution < 1.29 is 17.9 Å². The molecule has 0 unspecified atom stereocenters. The Labute approximate surface area is 168 Å². The molecule has 0 aliphatic carbocycles. The van der Waals surface area contributed by atoms with Crippen LogP contribution in [0.2, 0.25) is 0 Å². The number of hydrogen-bond donors (Lipinski definition) is 1. The molecule has 9 heteroatoms. The third-order valence-corrected chi connectivity index (χ3v) is 5.28. The van der Waals surface area contributed by atoms with Gasteiger partial charge in [0.15, 0.2) is 5.69 Å². The molecule has 0 aliphatic rings. The average Bonchev–Trinajstić information content (AvgIpc) is 3.07. The normalized spacial score (nSPS) is 11.1. The highest BCUT2D eigenvalue weighted by atomic mass is 32.2. The monoisotopic (exact) mass is 410 g/mol. The Morgan fingerprint density at radius 1 is 1.14 bits per heavy atom. The smallest absolute Gasteiger partial charge is 0.357 e. The van der Waals surface area contributed by atoms with Gasteiger partial charge in [-0.1, -0.05) is 42.0 Å². The number of aryl methyl sites for hydroxylation is 1. The van der Waals surface area contributed by atoms with Crippen molar-refractivity contribution in [3.63, 3.8) is 0 Å². The number of rotatable bonds is 5. The molecule has 1 heterocycles. The second-order valence-corrected chi connectivity index (χ2v) is 7.88. The van der Waals surface area contributed by atoms with E-state index in [-0.39, 0.29) is 17.1 Å². The minimum atomic E-state index is -3.84. The van der Waals surface area contributed by atoms with Crippen molar-refractivity contribution in [2.75, 3.05) is 7.11 Å². The number of nitrogens with two attached hydrogens (primary N) is 1. The zero-order valence-corrected chi connectivity index (χ0v) is 16.6. The Morgan fingerprint density at radius 2 is 1.72 bits per heavy atom. The Balaban J connectivity index is 2.29. The predicted molar refractivity (Wildman–Crippen MR) is 106 cm³/mol. The molecule has 0 atom stereocenters. The summed E-state index contributed by atoms with van der Waals surface area (Å²) in [5.74, 6) is -0.629. The van der Waals surface area contributed by atoms with Crippen molar-refractivity contribution in [2.24, 2.45) is 5.14 Å². The van der Waals surface area contributed by atoms with Gasteiger partial charge in [-0.05, 0) is 24.6 Å². The molecule has 0 saturated heterocycles. The van der Waals surface area contributed by atoms with Crippen LogP contribution in [0.4, 0.5) is 0 Å². The second-order valence-electron chi connectivity index (χ2n) is 6.31. The molecule has 0 fully saturated rings. The van der Waals surface area contributed by atoms with E-state index in [1.807, 2.05) is 37.3 Å². The number of primary sulfonamides is 1. The summed E-state index contributed by atoms with van der Waals surface area (Å²) < 4.78 is 29.3. The van der Waals surface area contributed by atoms with Crippen molar-refractivity contribution >= 4 is 16.0 Å². The van der Waals surface area contributed by atoms with Crippen LogP contribution < -0.4 is 5.14 Å². The lowest BCUT2D eigenvalue weighted by Gasteiger charge is -2.08. The minimum absolute atomic E-state index is 0.0391. The third-order valence-electron chi connectivity index (χ3n) is 4.35. The number of aromatic nitrogens is 2. The van der Waals surface area contributed by atoms with Crippen LogP contribution in [0.25, 0.3) is 22.4 Å². The van der Waals surface area contributed by atoms with Gasteiger partial charge in [0.25, 0.3) is 0 Å². The lowest BCUT2D eigenvalue weighted by atomic mass is 9.98. The highest BCUT2D eigenvalue weighted by Crippen LogP contribution is 2.35. The quantitative estimate of drug-likeness (QED) is 0.644. The maximum absolute atomic E-state index is 12.5. The standard InChI is InChI=1S/C20H18N4O4S/c1-13-3-5-14(6-4-13)17-18(15-7-9-16(10-8-15)29(22,26)27)23-24(12-11-21)19(17)20(25)28-2/h3-10H,12H2,1-2H3,(H2,22,26,27). The fourth-order valence-electron chi connectivity index (χ4n) is 2.95. The molecule has 3 rings (SSSR count). The number of carbonyl (C=O) groups is 1. The molecule has 3 aromatic rings. The number of methoxy groups -OCH3 is 1. The van der Waals surface area contributed by atoms with Gasteiger partial charge in [0.05, 0.1) is 18.1 Å². The molecule has 29 heavy (non-hydrogen) atoms. The first kappa shape index (κ1) is 20.3. The topological polar surface area (TPSA) is 128 Å². The first-order valence-corrected chi connectivity index (χ1v) is 10.1. The van der Waals surface area contributed by atoms with Gasteiger partial charge in [0, 0.05) is 11.1 Å². The van der Waals surface area contributed by atoms with E-state index < -0.39 is 16.0 Å². The minimum Gasteiger partial charge on any atom is -0.464 e. The third kappa shape index (κ3) is 4.03. The van der Waals surface area contributed by atoms with Crippen LogP contribution in [0.5, 0.6) is 0 Å². The zero-order valence-electron chi connectivity index (χ0n) is 15.8. The average molecular weight is 410 g/mol. The van der Waals surface area contributed by atoms with Crippen LogP contribution in [0.3, 0.4) is 0 Å². The van der Waals surface area contributed by atoms with Gasteiger partial charge in [0.2, 0.25) is 10.0 Å². The summed E-state index contributed by atoms with van der Waals surface area (Å²) in [5, 5.41) is 18.8. The molecule has 148 valence electrons. The Kier molecular flexibility index (Phi) is 5.50. The number of benzene rings is 2. The molecule has 8 nitrogen and oxygen atoms in total. The van der Waals surface area contributed by atoms with Gasteiger partial charge < -0.3 is 4.74 Å². The maximum Gasteiger partial charge on any atom is 0.357 e. The number of hydrogen-bond acceptors (Lipinski definition) is 6. The van der Waals surface area contributed by atoms with Crippen LogP contribution in [0, 0.1) is 18.3 Å². The van der Waals surface area contributed by atoms with Crippen molar-refractivity contribution in [2.45, 2.75) is 18.4 Å². The van der Waals surface area contributed by atoms with Crippen molar-refractivity contribution in [1.29, 1.82) is 5.26 Å². The Hall–Kier alpha value is -3.48. The van der Waals surface area contributed by atoms with Crippen molar-refractivity contribution in [1.82, 2.24) is 9.78 Å². The number of ether oxygens (including phenoxy) is 1. The summed E-state index contributed by atoms with van der Waals surface area (Å²) in [6, 6.07) is 15.3. The number of sulfonamides is 1. The van der Waals surface area contributed by atoms with Crippen LogP contribution >= 0.6 is 0 Å². The van der Waals surface area contributed by atoms with E-state index in [4.69, 9.17) is 15.1 Å². The van der Waals surface area contributed by atoms with Gasteiger partial charge in [-0.2, -0.15) is 10.4 Å². The summed E-state index contributed by atoms with van der Waals surface area (Å²) in [7, 11) is -2.59. The Morgan fingerprint density at radius 3 is 2.24 bits per heavy atom. The highest BCUT2D eigenvalue weighted by Gasteiger charge is 2.26. The largest absolute Gasteiger partial charge is 0.464 e. The number of esters is 1. The maximum atomic E-state index is 12.5. The predicted octanol–water partition coefficient (Wildman–Crippen LogP) is 2.48. The molecule has 0 aliphatic heterocycles. The van der Waals surface area contributed by atoms with Gasteiger partial charge in [-0.15, -0.1) is 0 Å². The first-order chi connectivity index (χ1) is 13.8. The molecule has 1 aromatic heterocycles. The van der Waals surface area contributed by atoms with Crippen LogP contribution in [-0.2, 0) is 21.3 Å². The van der Waals surface area contributed by atoms with E-state index in [9.17, 15) is 13.2 Å². The fraction of sp³-hybridized carbons (Fsp3) is 0.150. The van der Waals surface area contributed by atoms with E-state index in [0.717, 1.165) is 5.56 Å². The van der Waals surface area contributed by atoms with Gasteiger partial charge in [-0.25, -0.2) is 23.0 Å². The van der Waals surface area contributed by atoms with Crippen molar-refractivity contribution in [3.8, 4) is 28.5 Å². The molecule has 0 saturated carbocycles. The fourth-order valence-corrected chi connectivity index (χ4v) is 3.46. The molecular formula is C20H18N4O4S. The van der Waals surface area contributed by atoms with E-state index in [1.54, 1.807) is 12.1 Å². The first-order valence-electron chi connectivity index (χ1n) is 8.52. The molecule has 0 spiro atoms. The van der Waals surface area contributed by atoms with Crippen molar-refractivity contribution in [3.05, 3.63) is 59.8 Å². The van der Waals surface area contributed by atoms with E-state index >= 15 is 0 Å². The second kappa shape index (κ2) is 7.87. The molecule has 0 radical (unpaired) electrons. The summed E-state index contributed by atoms with van der Waals surface area (Å²) in [5.41, 5.74) is 3.38. The van der Waals surface area contributed by atoms with Crippen LogP contribution in [0.1, 0.15) is 16.1 Å². The lowest BCUT2D eigenvalue weighted by molar-refractivity contribution is 0.0588. The van der Waals surface area contributed by atoms with Gasteiger partial charge in [0.1, 0.15) is 12.2 Å². The molecule has 2 aromatic carbocycles.